The van der Waals surface area contributed by atoms with Crippen LogP contribution in [-0.2, 0) is 34.6 Å². The number of carbonyl (C=O) groups is 2. The highest BCUT2D eigenvalue weighted by molar-refractivity contribution is 7.87. The third-order valence-electron chi connectivity index (χ3n) is 4.71. The van der Waals surface area contributed by atoms with E-state index in [0.29, 0.717) is 17.1 Å². The van der Waals surface area contributed by atoms with Crippen LogP contribution >= 0.6 is 0 Å². The van der Waals surface area contributed by atoms with Crippen LogP contribution in [0.25, 0.3) is 0 Å². The zero-order chi connectivity index (χ0) is 18.9. The quantitative estimate of drug-likeness (QED) is 0.707. The molecule has 1 heterocycles. The van der Waals surface area contributed by atoms with E-state index < -0.39 is 39.7 Å². The average molecular weight is 378 g/mol. The summed E-state index contributed by atoms with van der Waals surface area (Å²) in [6.07, 6.45) is 0.843. The number of benzene rings is 1. The molecular formula is C19H22O6S. The third kappa shape index (κ3) is 2.89. The molecule has 7 heteroatoms. The minimum Gasteiger partial charge on any atom is -0.463 e. The highest BCUT2D eigenvalue weighted by atomic mass is 32.2. The summed E-state index contributed by atoms with van der Waals surface area (Å²) in [6.45, 7) is 5.93. The number of carbonyl (C=O) groups excluding carboxylic acids is 2. The van der Waals surface area contributed by atoms with E-state index in [0.717, 1.165) is 5.56 Å². The monoisotopic (exact) mass is 378 g/mol. The van der Waals surface area contributed by atoms with Gasteiger partial charge in [0.05, 0.1) is 23.3 Å². The van der Waals surface area contributed by atoms with Gasteiger partial charge in [0.25, 0.3) is 0 Å². The molecule has 0 bridgehead atoms. The average Bonchev–Trinajstić information content (AvgIpc) is 3.14. The van der Waals surface area contributed by atoms with Gasteiger partial charge in [0.15, 0.2) is 4.75 Å². The van der Waals surface area contributed by atoms with Crippen LogP contribution in [0.2, 0.25) is 0 Å². The van der Waals surface area contributed by atoms with Crippen LogP contribution in [0.1, 0.15) is 25.8 Å². The van der Waals surface area contributed by atoms with Crippen LogP contribution in [0.4, 0.5) is 0 Å². The van der Waals surface area contributed by atoms with E-state index in [-0.39, 0.29) is 13.0 Å². The number of hydrogen-bond donors (Lipinski definition) is 0. The van der Waals surface area contributed by atoms with Crippen molar-refractivity contribution in [3.63, 3.8) is 0 Å². The highest BCUT2D eigenvalue weighted by Gasteiger charge is 2.66. The van der Waals surface area contributed by atoms with Gasteiger partial charge in [-0.15, -0.1) is 0 Å². The van der Waals surface area contributed by atoms with Crippen LogP contribution in [0, 0.1) is 12.8 Å². The molecule has 0 aromatic heterocycles. The lowest BCUT2D eigenvalue weighted by Crippen LogP contribution is -2.45. The van der Waals surface area contributed by atoms with Gasteiger partial charge in [-0.2, -0.15) is 0 Å². The number of aryl methyl sites for hydroxylation is 1. The fraction of sp³-hybridized carbons (Fsp3) is 0.474. The Morgan fingerprint density at radius 2 is 1.96 bits per heavy atom. The molecule has 1 fully saturated rings. The number of ether oxygens (including phenoxy) is 3. The first-order valence-corrected chi connectivity index (χ1v) is 9.79. The van der Waals surface area contributed by atoms with Crippen LogP contribution < -0.4 is 0 Å². The standard InChI is InChI=1S/C19H22O6S/c1-4-23-16(20)14-10-11-19(15(14)17(24-5-2)25-18(19)21)26(22)13-8-6-12(3)7-9-13/h6-10,15,17H,4-5,11H2,1-3H3/t15-,17+,19+,26-/m0/s1. The summed E-state index contributed by atoms with van der Waals surface area (Å²) in [6, 6.07) is 7.16. The van der Waals surface area contributed by atoms with Crippen LogP contribution in [0.5, 0.6) is 0 Å². The van der Waals surface area contributed by atoms with Gasteiger partial charge < -0.3 is 14.2 Å². The zero-order valence-corrected chi connectivity index (χ0v) is 15.8. The van der Waals surface area contributed by atoms with Gasteiger partial charge in [0.1, 0.15) is 0 Å². The van der Waals surface area contributed by atoms with Crippen LogP contribution in [-0.4, -0.2) is 40.4 Å². The Kier molecular flexibility index (Phi) is 5.29. The highest BCUT2D eigenvalue weighted by Crippen LogP contribution is 2.51. The third-order valence-corrected chi connectivity index (χ3v) is 6.66. The van der Waals surface area contributed by atoms with E-state index in [9.17, 15) is 13.8 Å². The first kappa shape index (κ1) is 18.8. The van der Waals surface area contributed by atoms with E-state index in [1.54, 1.807) is 32.1 Å². The van der Waals surface area contributed by atoms with E-state index in [2.05, 4.69) is 0 Å². The lowest BCUT2D eigenvalue weighted by molar-refractivity contribution is -0.166. The molecule has 1 saturated heterocycles. The Labute approximate surface area is 155 Å². The molecule has 1 aliphatic carbocycles. The first-order valence-electron chi connectivity index (χ1n) is 8.64. The summed E-state index contributed by atoms with van der Waals surface area (Å²) in [7, 11) is -1.70. The second-order valence-electron chi connectivity index (χ2n) is 6.26. The number of allylic oxidation sites excluding steroid dienone is 1. The topological polar surface area (TPSA) is 78.9 Å². The Morgan fingerprint density at radius 3 is 2.58 bits per heavy atom. The molecular weight excluding hydrogens is 356 g/mol. The van der Waals surface area contributed by atoms with Crippen LogP contribution in [0.15, 0.2) is 40.8 Å². The van der Waals surface area contributed by atoms with E-state index in [4.69, 9.17) is 14.2 Å². The molecule has 1 aromatic rings. The number of fused-ring (bicyclic) bond motifs is 1. The predicted octanol–water partition coefficient (Wildman–Crippen LogP) is 2.27. The fourth-order valence-corrected chi connectivity index (χ4v) is 5.18. The summed E-state index contributed by atoms with van der Waals surface area (Å²) in [5, 5.41) is 0. The molecule has 6 nitrogen and oxygen atoms in total. The van der Waals surface area contributed by atoms with E-state index >= 15 is 0 Å². The summed E-state index contributed by atoms with van der Waals surface area (Å²) in [4.78, 5) is 25.7. The van der Waals surface area contributed by atoms with Gasteiger partial charge >= 0.3 is 11.9 Å². The fourth-order valence-electron chi connectivity index (χ4n) is 3.47. The zero-order valence-electron chi connectivity index (χ0n) is 15.0. The molecule has 1 aromatic carbocycles. The lowest BCUT2D eigenvalue weighted by Gasteiger charge is -2.26. The minimum absolute atomic E-state index is 0.148. The Hall–Kier alpha value is -1.99. The molecule has 140 valence electrons. The molecule has 0 unspecified atom stereocenters. The second-order valence-corrected chi connectivity index (χ2v) is 8.00. The Balaban J connectivity index is 2.03. The summed E-state index contributed by atoms with van der Waals surface area (Å²) in [5.74, 6) is -1.88. The number of esters is 2. The van der Waals surface area contributed by atoms with Gasteiger partial charge in [-0.25, -0.2) is 4.79 Å². The maximum absolute atomic E-state index is 13.4. The maximum atomic E-state index is 13.4. The largest absolute Gasteiger partial charge is 0.463 e. The van der Waals surface area contributed by atoms with Crippen molar-refractivity contribution >= 4 is 22.7 Å². The molecule has 26 heavy (non-hydrogen) atoms. The van der Waals surface area contributed by atoms with Gasteiger partial charge in [0.2, 0.25) is 6.29 Å². The predicted molar refractivity (Wildman–Crippen MR) is 94.6 cm³/mol. The minimum atomic E-state index is -1.70. The van der Waals surface area contributed by atoms with Gasteiger partial charge in [-0.3, -0.25) is 9.00 Å². The normalized spacial score (nSPS) is 28.3. The van der Waals surface area contributed by atoms with Gasteiger partial charge in [-0.05, 0) is 39.3 Å². The van der Waals surface area contributed by atoms with Crippen molar-refractivity contribution in [3.8, 4) is 0 Å². The van der Waals surface area contributed by atoms with Crippen molar-refractivity contribution < 1.29 is 28.0 Å². The van der Waals surface area contributed by atoms with Crippen molar-refractivity contribution in [2.45, 2.75) is 43.1 Å². The number of cyclic esters (lactones) is 1. The number of hydrogen-bond acceptors (Lipinski definition) is 6. The van der Waals surface area contributed by atoms with Crippen molar-refractivity contribution in [2.24, 2.45) is 5.92 Å². The molecule has 0 saturated carbocycles. The molecule has 3 rings (SSSR count). The van der Waals surface area contributed by atoms with Crippen molar-refractivity contribution in [3.05, 3.63) is 41.5 Å². The summed E-state index contributed by atoms with van der Waals surface area (Å²) < 4.78 is 28.1. The Bertz CT molecular complexity index is 769. The van der Waals surface area contributed by atoms with E-state index in [1.807, 2.05) is 19.1 Å². The van der Waals surface area contributed by atoms with Crippen molar-refractivity contribution in [2.75, 3.05) is 13.2 Å². The molecule has 0 radical (unpaired) electrons. The van der Waals surface area contributed by atoms with Crippen LogP contribution in [0.3, 0.4) is 0 Å². The van der Waals surface area contributed by atoms with Crippen molar-refractivity contribution in [1.29, 1.82) is 0 Å². The van der Waals surface area contributed by atoms with Crippen molar-refractivity contribution in [1.82, 2.24) is 0 Å². The molecule has 0 amide bonds. The summed E-state index contributed by atoms with van der Waals surface area (Å²) >= 11 is 0. The molecule has 2 aliphatic rings. The molecule has 0 spiro atoms. The smallest absolute Gasteiger partial charge is 0.334 e. The molecule has 0 N–H and O–H groups in total. The summed E-state index contributed by atoms with van der Waals surface area (Å²) in [5.41, 5.74) is 1.33. The molecule has 4 atom stereocenters. The van der Waals surface area contributed by atoms with Gasteiger partial charge in [0, 0.05) is 17.1 Å². The van der Waals surface area contributed by atoms with Gasteiger partial charge in [-0.1, -0.05) is 23.8 Å². The SMILES string of the molecule is CCOC(=O)C1=CC[C@]2([S@@](=O)c3ccc(C)cc3)C(=O)O[C@@H](OCC)[C@H]12. The second kappa shape index (κ2) is 7.32. The first-order chi connectivity index (χ1) is 12.5. The maximum Gasteiger partial charge on any atom is 0.334 e. The van der Waals surface area contributed by atoms with E-state index in [1.165, 1.54) is 0 Å². The number of rotatable bonds is 6. The Morgan fingerprint density at radius 1 is 1.27 bits per heavy atom. The lowest BCUT2D eigenvalue weighted by atomic mass is 9.92. The molecule has 1 aliphatic heterocycles.